The molecule has 0 heterocycles. The molecule has 0 aromatic heterocycles. The van der Waals surface area contributed by atoms with Gasteiger partial charge in [0.1, 0.15) is 0 Å². The van der Waals surface area contributed by atoms with Gasteiger partial charge in [-0.25, -0.2) is 13.4 Å². The maximum absolute atomic E-state index is 11.4. The second-order valence-corrected chi connectivity index (χ2v) is 11.0. The lowest BCUT2D eigenvalue weighted by Crippen LogP contribution is -2.39. The van der Waals surface area contributed by atoms with E-state index in [0.717, 1.165) is 16.7 Å². The van der Waals surface area contributed by atoms with E-state index < -0.39 is 15.9 Å². The molecule has 32 heavy (non-hydrogen) atoms. The molecule has 3 N–H and O–H groups in total. The van der Waals surface area contributed by atoms with Crippen LogP contribution in [0.15, 0.2) is 53.5 Å². The molecular weight excluding hydrogens is 537 g/mol. The first-order chi connectivity index (χ1) is 14.5. The molecule has 2 rings (SSSR count). The zero-order chi connectivity index (χ0) is 23.1. The summed E-state index contributed by atoms with van der Waals surface area (Å²) >= 11 is 0. The Balaban J connectivity index is 0.00000512. The highest BCUT2D eigenvalue weighted by Crippen LogP contribution is 2.23. The summed E-state index contributed by atoms with van der Waals surface area (Å²) < 4.78 is 22.8. The summed E-state index contributed by atoms with van der Waals surface area (Å²) in [6, 6.07) is 15.5. The second-order valence-electron chi connectivity index (χ2n) is 8.85. The number of hydrogen-bond acceptors (Lipinski definition) is 4. The minimum atomic E-state index is -3.04. The summed E-state index contributed by atoms with van der Waals surface area (Å²) in [7, 11) is -3.04. The topological polar surface area (TPSA) is 90.8 Å². The van der Waals surface area contributed by atoms with Gasteiger partial charge in [0.05, 0.1) is 18.4 Å². The normalized spacial score (nSPS) is 13.2. The largest absolute Gasteiger partial charge is 0.387 e. The first-order valence-electron chi connectivity index (χ1n) is 10.5. The number of sulfone groups is 1. The maximum atomic E-state index is 11.4. The Bertz CT molecular complexity index is 967. The molecule has 0 saturated heterocycles. The highest BCUT2D eigenvalue weighted by atomic mass is 127. The van der Waals surface area contributed by atoms with Crippen LogP contribution in [0.2, 0.25) is 0 Å². The van der Waals surface area contributed by atoms with Crippen LogP contribution in [0.4, 0.5) is 0 Å². The monoisotopic (exact) mass is 573 g/mol. The van der Waals surface area contributed by atoms with Crippen molar-refractivity contribution < 1.29 is 13.5 Å². The van der Waals surface area contributed by atoms with Crippen molar-refractivity contribution in [2.45, 2.75) is 51.5 Å². The second kappa shape index (κ2) is 12.6. The summed E-state index contributed by atoms with van der Waals surface area (Å²) in [5, 5.41) is 16.9. The Kier molecular flexibility index (Phi) is 11.1. The van der Waals surface area contributed by atoms with E-state index >= 15 is 0 Å². The van der Waals surface area contributed by atoms with E-state index in [2.05, 4.69) is 48.5 Å². The van der Waals surface area contributed by atoms with Gasteiger partial charge in [-0.05, 0) is 34.6 Å². The van der Waals surface area contributed by atoms with Gasteiger partial charge in [0.25, 0.3) is 0 Å². The first kappa shape index (κ1) is 28.4. The number of aliphatic imine (C=N–C) groups is 1. The maximum Gasteiger partial charge on any atom is 0.191 e. The molecule has 0 aliphatic rings. The zero-order valence-corrected chi connectivity index (χ0v) is 22.7. The Morgan fingerprint density at radius 1 is 1.00 bits per heavy atom. The fourth-order valence-corrected chi connectivity index (χ4v) is 3.87. The minimum absolute atomic E-state index is 0. The highest BCUT2D eigenvalue weighted by Gasteiger charge is 2.15. The van der Waals surface area contributed by atoms with Crippen molar-refractivity contribution in [3.05, 3.63) is 70.8 Å². The number of halogens is 1. The van der Waals surface area contributed by atoms with E-state index in [-0.39, 0.29) is 35.1 Å². The quantitative estimate of drug-likeness (QED) is 0.253. The van der Waals surface area contributed by atoms with Crippen molar-refractivity contribution in [3.63, 3.8) is 0 Å². The molecule has 8 heteroatoms. The molecule has 0 fully saturated rings. The van der Waals surface area contributed by atoms with Crippen molar-refractivity contribution >= 4 is 39.8 Å². The van der Waals surface area contributed by atoms with E-state index in [1.807, 2.05) is 43.3 Å². The summed E-state index contributed by atoms with van der Waals surface area (Å²) in [5.74, 6) is 0.656. The number of benzene rings is 2. The van der Waals surface area contributed by atoms with Crippen LogP contribution < -0.4 is 10.6 Å². The Morgan fingerprint density at radius 2 is 1.56 bits per heavy atom. The highest BCUT2D eigenvalue weighted by molar-refractivity contribution is 14.0. The van der Waals surface area contributed by atoms with E-state index in [9.17, 15) is 13.5 Å². The van der Waals surface area contributed by atoms with Crippen molar-refractivity contribution in [1.29, 1.82) is 0 Å². The number of aliphatic hydroxyl groups is 1. The molecule has 178 valence electrons. The van der Waals surface area contributed by atoms with Crippen molar-refractivity contribution in [2.24, 2.45) is 4.99 Å². The lowest BCUT2D eigenvalue weighted by Gasteiger charge is -2.20. The molecule has 2 aromatic rings. The number of aliphatic hydroxyl groups excluding tert-OH is 1. The van der Waals surface area contributed by atoms with Gasteiger partial charge in [0, 0.05) is 19.3 Å². The molecule has 1 atom stereocenters. The van der Waals surface area contributed by atoms with Crippen molar-refractivity contribution in [2.75, 3.05) is 19.3 Å². The average molecular weight is 574 g/mol. The van der Waals surface area contributed by atoms with Crippen LogP contribution in [0.5, 0.6) is 0 Å². The van der Waals surface area contributed by atoms with E-state index in [1.54, 1.807) is 0 Å². The van der Waals surface area contributed by atoms with Gasteiger partial charge in [-0.15, -0.1) is 24.0 Å². The number of nitrogens with zero attached hydrogens (tertiary/aromatic N) is 1. The molecule has 0 aliphatic heterocycles. The van der Waals surface area contributed by atoms with Gasteiger partial charge >= 0.3 is 0 Å². The van der Waals surface area contributed by atoms with Gasteiger partial charge in [-0.3, -0.25) is 0 Å². The number of hydrogen-bond donors (Lipinski definition) is 3. The molecule has 2 aromatic carbocycles. The van der Waals surface area contributed by atoms with E-state index in [0.29, 0.717) is 25.6 Å². The molecule has 1 unspecified atom stereocenters. The molecule has 0 aliphatic carbocycles. The number of nitrogens with one attached hydrogen (secondary N) is 2. The Labute approximate surface area is 209 Å². The standard InChI is InChI=1S/C24H35N3O3S.HI/c1-6-25-23(26-15-18-7-9-19(10-8-18)17-31(5,29)30)27-16-22(28)20-11-13-21(14-12-20)24(2,3)4;/h7-14,22,28H,6,15-17H2,1-5H3,(H2,25,26,27);1H. The molecule has 0 radical (unpaired) electrons. The molecule has 0 bridgehead atoms. The molecule has 6 nitrogen and oxygen atoms in total. The third-order valence-corrected chi connectivity index (χ3v) is 5.70. The smallest absolute Gasteiger partial charge is 0.191 e. The van der Waals surface area contributed by atoms with Gasteiger partial charge in [-0.1, -0.05) is 69.3 Å². The van der Waals surface area contributed by atoms with E-state index in [4.69, 9.17) is 0 Å². The number of guanidine groups is 1. The lowest BCUT2D eigenvalue weighted by molar-refractivity contribution is 0.181. The predicted molar refractivity (Wildman–Crippen MR) is 143 cm³/mol. The Morgan fingerprint density at radius 3 is 2.06 bits per heavy atom. The third kappa shape index (κ3) is 9.87. The van der Waals surface area contributed by atoms with Crippen LogP contribution in [0.25, 0.3) is 0 Å². The molecular formula is C24H36IN3O3S. The zero-order valence-electron chi connectivity index (χ0n) is 19.6. The average Bonchev–Trinajstić information content (AvgIpc) is 2.69. The van der Waals surface area contributed by atoms with Crippen molar-refractivity contribution in [3.8, 4) is 0 Å². The van der Waals surface area contributed by atoms with Crippen LogP contribution >= 0.6 is 24.0 Å². The van der Waals surface area contributed by atoms with Gasteiger partial charge in [-0.2, -0.15) is 0 Å². The summed E-state index contributed by atoms with van der Waals surface area (Å²) in [4.78, 5) is 4.57. The van der Waals surface area contributed by atoms with Crippen molar-refractivity contribution in [1.82, 2.24) is 10.6 Å². The number of rotatable bonds is 8. The van der Waals surface area contributed by atoms with Gasteiger partial charge < -0.3 is 15.7 Å². The van der Waals surface area contributed by atoms with Crippen LogP contribution in [0.1, 0.15) is 56.1 Å². The molecule has 0 spiro atoms. The van der Waals surface area contributed by atoms with E-state index in [1.165, 1.54) is 11.8 Å². The molecule has 0 amide bonds. The molecule has 0 saturated carbocycles. The third-order valence-electron chi connectivity index (χ3n) is 4.84. The lowest BCUT2D eigenvalue weighted by atomic mass is 9.86. The van der Waals surface area contributed by atoms with Gasteiger partial charge in [0.2, 0.25) is 0 Å². The van der Waals surface area contributed by atoms with Crippen LogP contribution in [0, 0.1) is 0 Å². The Hall–Kier alpha value is -1.65. The SMILES string of the molecule is CCNC(=NCc1ccc(CS(C)(=O)=O)cc1)NCC(O)c1ccc(C(C)(C)C)cc1.I. The minimum Gasteiger partial charge on any atom is -0.387 e. The van der Waals surface area contributed by atoms with Crippen LogP contribution in [-0.2, 0) is 27.5 Å². The summed E-state index contributed by atoms with van der Waals surface area (Å²) in [6.45, 7) is 9.97. The summed E-state index contributed by atoms with van der Waals surface area (Å²) in [5.41, 5.74) is 3.91. The summed E-state index contributed by atoms with van der Waals surface area (Å²) in [6.07, 6.45) is 0.584. The van der Waals surface area contributed by atoms with Gasteiger partial charge in [0.15, 0.2) is 15.8 Å². The predicted octanol–water partition coefficient (Wildman–Crippen LogP) is 3.94. The fraction of sp³-hybridized carbons (Fsp3) is 0.458. The first-order valence-corrected chi connectivity index (χ1v) is 12.6. The fourth-order valence-electron chi connectivity index (χ4n) is 3.07. The van der Waals surface area contributed by atoms with Crippen LogP contribution in [-0.4, -0.2) is 38.8 Å². The van der Waals surface area contributed by atoms with Crippen LogP contribution in [0.3, 0.4) is 0 Å².